The Morgan fingerprint density at radius 2 is 2.05 bits per heavy atom. The third kappa shape index (κ3) is 3.34. The molecule has 6 heteroatoms. The third-order valence-electron chi connectivity index (χ3n) is 2.56. The van der Waals surface area contributed by atoms with E-state index in [-0.39, 0.29) is 11.7 Å². The zero-order valence-electron chi connectivity index (χ0n) is 10.1. The zero-order valence-corrected chi connectivity index (χ0v) is 11.6. The van der Waals surface area contributed by atoms with Gasteiger partial charge in [0, 0.05) is 10.0 Å². The Labute approximate surface area is 121 Å². The van der Waals surface area contributed by atoms with Gasteiger partial charge >= 0.3 is 0 Å². The van der Waals surface area contributed by atoms with Crippen LogP contribution in [0.25, 0.3) is 0 Å². The van der Waals surface area contributed by atoms with E-state index >= 15 is 0 Å². The number of nitrogens with zero attached hydrogens (tertiary/aromatic N) is 3. The number of hydrogen-bond acceptors (Lipinski definition) is 4. The van der Waals surface area contributed by atoms with Gasteiger partial charge in [0.15, 0.2) is 5.69 Å². The number of aromatic nitrogens is 2. The highest BCUT2D eigenvalue weighted by Crippen LogP contribution is 2.27. The maximum absolute atomic E-state index is 8.65. The van der Waals surface area contributed by atoms with Crippen LogP contribution < -0.4 is 5.32 Å². The molecule has 1 aromatic heterocycles. The molecule has 1 N–H and O–H groups in total. The van der Waals surface area contributed by atoms with Crippen LogP contribution in [0.15, 0.2) is 30.6 Å². The van der Waals surface area contributed by atoms with Crippen LogP contribution in [-0.4, -0.2) is 9.97 Å². The minimum absolute atomic E-state index is 0.0491. The van der Waals surface area contributed by atoms with E-state index in [4.69, 9.17) is 28.5 Å². The van der Waals surface area contributed by atoms with Crippen molar-refractivity contribution in [3.8, 4) is 6.07 Å². The summed E-state index contributed by atoms with van der Waals surface area (Å²) in [5.74, 6) is 0.581. The molecule has 0 amide bonds. The number of nitrogens with one attached hydrogen (secondary N) is 1. The normalized spacial score (nSPS) is 11.7. The van der Waals surface area contributed by atoms with Gasteiger partial charge in [0.25, 0.3) is 0 Å². The fourth-order valence-corrected chi connectivity index (χ4v) is 2.18. The number of hydrogen-bond donors (Lipinski definition) is 1. The lowest BCUT2D eigenvalue weighted by molar-refractivity contribution is 0.871. The summed E-state index contributed by atoms with van der Waals surface area (Å²) in [7, 11) is 0. The van der Waals surface area contributed by atoms with Gasteiger partial charge in [-0.1, -0.05) is 29.3 Å². The van der Waals surface area contributed by atoms with Crippen molar-refractivity contribution in [2.24, 2.45) is 0 Å². The van der Waals surface area contributed by atoms with Gasteiger partial charge in [-0.2, -0.15) is 5.26 Å². The molecule has 0 bridgehead atoms. The molecular formula is C13H10Cl2N4. The van der Waals surface area contributed by atoms with Crippen molar-refractivity contribution in [2.45, 2.75) is 13.0 Å². The summed E-state index contributed by atoms with van der Waals surface area (Å²) in [6.45, 7) is 1.95. The monoisotopic (exact) mass is 292 g/mol. The maximum atomic E-state index is 8.65. The zero-order chi connectivity index (χ0) is 13.8. The number of nitriles is 1. The predicted molar refractivity (Wildman–Crippen MR) is 75.2 cm³/mol. The second-order valence-corrected chi connectivity index (χ2v) is 4.77. The highest BCUT2D eigenvalue weighted by molar-refractivity contribution is 6.35. The predicted octanol–water partition coefficient (Wildman–Crippen LogP) is 3.83. The molecule has 96 valence electrons. The molecule has 1 heterocycles. The lowest BCUT2D eigenvalue weighted by Crippen LogP contribution is -2.08. The Balaban J connectivity index is 2.16. The SMILES string of the molecule is C[C@H](Nc1cnc(C#N)cn1)c1ccc(Cl)cc1Cl. The van der Waals surface area contributed by atoms with Crippen LogP contribution in [0.4, 0.5) is 5.82 Å². The van der Waals surface area contributed by atoms with Crippen LogP contribution >= 0.6 is 23.2 Å². The number of benzene rings is 1. The Kier molecular flexibility index (Phi) is 4.20. The van der Waals surface area contributed by atoms with Crippen LogP contribution in [0.3, 0.4) is 0 Å². The van der Waals surface area contributed by atoms with E-state index in [9.17, 15) is 0 Å². The number of rotatable bonds is 3. The molecule has 0 spiro atoms. The second kappa shape index (κ2) is 5.87. The minimum Gasteiger partial charge on any atom is -0.362 e. The molecular weight excluding hydrogens is 283 g/mol. The van der Waals surface area contributed by atoms with Gasteiger partial charge in [-0.25, -0.2) is 9.97 Å². The van der Waals surface area contributed by atoms with Crippen LogP contribution in [0.5, 0.6) is 0 Å². The molecule has 1 atom stereocenters. The Bertz CT molecular complexity index is 620. The molecule has 0 aliphatic rings. The van der Waals surface area contributed by atoms with Crippen LogP contribution in [0.2, 0.25) is 10.0 Å². The van der Waals surface area contributed by atoms with Gasteiger partial charge in [0.05, 0.1) is 18.4 Å². The second-order valence-electron chi connectivity index (χ2n) is 3.93. The van der Waals surface area contributed by atoms with Gasteiger partial charge < -0.3 is 5.32 Å². The van der Waals surface area contributed by atoms with E-state index in [1.165, 1.54) is 12.4 Å². The van der Waals surface area contributed by atoms with Crippen molar-refractivity contribution < 1.29 is 0 Å². The molecule has 1 aromatic carbocycles. The largest absolute Gasteiger partial charge is 0.362 e. The number of anilines is 1. The van der Waals surface area contributed by atoms with Crippen molar-refractivity contribution in [3.63, 3.8) is 0 Å². The Hall–Kier alpha value is -1.83. The van der Waals surface area contributed by atoms with Crippen molar-refractivity contribution >= 4 is 29.0 Å². The van der Waals surface area contributed by atoms with Crippen molar-refractivity contribution in [3.05, 3.63) is 51.9 Å². The molecule has 2 rings (SSSR count). The first-order chi connectivity index (χ1) is 9.10. The van der Waals surface area contributed by atoms with Crippen LogP contribution in [-0.2, 0) is 0 Å². The topological polar surface area (TPSA) is 61.6 Å². The van der Waals surface area contributed by atoms with E-state index in [0.717, 1.165) is 5.56 Å². The molecule has 0 aliphatic heterocycles. The average molecular weight is 293 g/mol. The Morgan fingerprint density at radius 1 is 1.26 bits per heavy atom. The third-order valence-corrected chi connectivity index (χ3v) is 3.12. The average Bonchev–Trinajstić information content (AvgIpc) is 2.39. The fraction of sp³-hybridized carbons (Fsp3) is 0.154. The van der Waals surface area contributed by atoms with Gasteiger partial charge in [-0.3, -0.25) is 0 Å². The van der Waals surface area contributed by atoms with Gasteiger partial charge in [0.2, 0.25) is 0 Å². The number of halogens is 2. The lowest BCUT2D eigenvalue weighted by Gasteiger charge is -2.16. The lowest BCUT2D eigenvalue weighted by atomic mass is 10.1. The minimum atomic E-state index is -0.0491. The van der Waals surface area contributed by atoms with Crippen molar-refractivity contribution in [1.82, 2.24) is 9.97 Å². The highest BCUT2D eigenvalue weighted by Gasteiger charge is 2.10. The maximum Gasteiger partial charge on any atom is 0.158 e. The summed E-state index contributed by atoms with van der Waals surface area (Å²) in [5, 5.41) is 13.0. The summed E-state index contributed by atoms with van der Waals surface area (Å²) in [6.07, 6.45) is 2.93. The van der Waals surface area contributed by atoms with E-state index in [1.54, 1.807) is 12.1 Å². The standard InChI is InChI=1S/C13H10Cl2N4/c1-8(11-3-2-9(14)4-12(11)15)19-13-7-17-10(5-16)6-18-13/h2-4,6-8H,1H3,(H,18,19)/t8-/m0/s1. The molecule has 0 unspecified atom stereocenters. The molecule has 0 radical (unpaired) electrons. The van der Waals surface area contributed by atoms with Gasteiger partial charge in [-0.15, -0.1) is 0 Å². The van der Waals surface area contributed by atoms with Crippen LogP contribution in [0, 0.1) is 11.3 Å². The summed E-state index contributed by atoms with van der Waals surface area (Å²) in [4.78, 5) is 8.04. The quantitative estimate of drug-likeness (QED) is 0.934. The molecule has 0 saturated heterocycles. The highest BCUT2D eigenvalue weighted by atomic mass is 35.5. The molecule has 0 saturated carbocycles. The van der Waals surface area contributed by atoms with E-state index in [1.807, 2.05) is 19.1 Å². The van der Waals surface area contributed by atoms with E-state index < -0.39 is 0 Å². The summed E-state index contributed by atoms with van der Waals surface area (Å²) >= 11 is 12.0. The first-order valence-electron chi connectivity index (χ1n) is 5.54. The summed E-state index contributed by atoms with van der Waals surface area (Å²) < 4.78 is 0. The smallest absolute Gasteiger partial charge is 0.158 e. The van der Waals surface area contributed by atoms with E-state index in [2.05, 4.69) is 15.3 Å². The Morgan fingerprint density at radius 3 is 2.63 bits per heavy atom. The summed E-state index contributed by atoms with van der Waals surface area (Å²) in [5.41, 5.74) is 1.19. The van der Waals surface area contributed by atoms with Gasteiger partial charge in [-0.05, 0) is 24.6 Å². The first kappa shape index (κ1) is 13.6. The summed E-state index contributed by atoms with van der Waals surface area (Å²) in [6, 6.07) is 7.21. The first-order valence-corrected chi connectivity index (χ1v) is 6.29. The van der Waals surface area contributed by atoms with Crippen molar-refractivity contribution in [1.29, 1.82) is 5.26 Å². The fourth-order valence-electron chi connectivity index (χ4n) is 1.61. The van der Waals surface area contributed by atoms with Crippen molar-refractivity contribution in [2.75, 3.05) is 5.32 Å². The molecule has 4 nitrogen and oxygen atoms in total. The molecule has 0 fully saturated rings. The van der Waals surface area contributed by atoms with Crippen LogP contribution in [0.1, 0.15) is 24.2 Å². The molecule has 19 heavy (non-hydrogen) atoms. The van der Waals surface area contributed by atoms with Gasteiger partial charge in [0.1, 0.15) is 11.9 Å². The van der Waals surface area contributed by atoms with E-state index in [0.29, 0.717) is 15.9 Å². The molecule has 2 aromatic rings. The molecule has 0 aliphatic carbocycles.